The number of carbonyl (C=O) groups is 3. The standard InChI is InChI=1S/C24H26BrN3O5/c25-20-11-17(8-9-21(20)33-15-19-7-4-10-32-19)23(30)26-27-24(31)18-12-22(29)28(14-18)13-16-5-2-1-3-6-16/h1-3,5-6,8-9,11,18-19H,4,7,10,12-15H2,(H,26,30)(H,27,31). The number of hydrogen-bond acceptors (Lipinski definition) is 5. The van der Waals surface area contributed by atoms with Gasteiger partial charge in [-0.15, -0.1) is 0 Å². The summed E-state index contributed by atoms with van der Waals surface area (Å²) < 4.78 is 12.0. The molecule has 2 heterocycles. The van der Waals surface area contributed by atoms with Crippen molar-refractivity contribution < 1.29 is 23.9 Å². The van der Waals surface area contributed by atoms with Crippen molar-refractivity contribution in [3.8, 4) is 5.75 Å². The summed E-state index contributed by atoms with van der Waals surface area (Å²) in [5.41, 5.74) is 6.24. The summed E-state index contributed by atoms with van der Waals surface area (Å²) in [6.07, 6.45) is 2.24. The van der Waals surface area contributed by atoms with E-state index in [1.807, 2.05) is 30.3 Å². The van der Waals surface area contributed by atoms with Crippen LogP contribution in [0.1, 0.15) is 35.2 Å². The first kappa shape index (κ1) is 23.3. The van der Waals surface area contributed by atoms with E-state index in [4.69, 9.17) is 9.47 Å². The van der Waals surface area contributed by atoms with Gasteiger partial charge < -0.3 is 14.4 Å². The fourth-order valence-electron chi connectivity index (χ4n) is 3.91. The lowest BCUT2D eigenvalue weighted by atomic mass is 10.1. The highest BCUT2D eigenvalue weighted by Crippen LogP contribution is 2.27. The van der Waals surface area contributed by atoms with E-state index >= 15 is 0 Å². The topological polar surface area (TPSA) is 97.0 Å². The van der Waals surface area contributed by atoms with Gasteiger partial charge in [0, 0.05) is 31.7 Å². The van der Waals surface area contributed by atoms with Crippen LogP contribution in [0.4, 0.5) is 0 Å². The Kier molecular flexibility index (Phi) is 7.61. The van der Waals surface area contributed by atoms with Crippen LogP contribution in [0.5, 0.6) is 5.75 Å². The van der Waals surface area contributed by atoms with Crippen LogP contribution in [0.25, 0.3) is 0 Å². The molecule has 9 heteroatoms. The average Bonchev–Trinajstić information content (AvgIpc) is 3.47. The highest BCUT2D eigenvalue weighted by molar-refractivity contribution is 9.10. The fourth-order valence-corrected chi connectivity index (χ4v) is 4.41. The van der Waals surface area contributed by atoms with Crippen molar-refractivity contribution >= 4 is 33.7 Å². The number of likely N-dealkylation sites (tertiary alicyclic amines) is 1. The lowest BCUT2D eigenvalue weighted by Crippen LogP contribution is -2.45. The molecule has 3 amide bonds. The number of rotatable bonds is 7. The van der Waals surface area contributed by atoms with Crippen LogP contribution in [-0.2, 0) is 20.9 Å². The molecule has 0 radical (unpaired) electrons. The monoisotopic (exact) mass is 515 g/mol. The number of carbonyl (C=O) groups excluding carboxylic acids is 3. The molecule has 174 valence electrons. The van der Waals surface area contributed by atoms with E-state index in [0.29, 0.717) is 35.5 Å². The molecule has 4 rings (SSSR count). The van der Waals surface area contributed by atoms with Crippen molar-refractivity contribution in [3.63, 3.8) is 0 Å². The number of nitrogens with one attached hydrogen (secondary N) is 2. The van der Waals surface area contributed by atoms with Gasteiger partial charge in [0.2, 0.25) is 11.8 Å². The smallest absolute Gasteiger partial charge is 0.269 e. The largest absolute Gasteiger partial charge is 0.490 e. The Morgan fingerprint density at radius 2 is 1.97 bits per heavy atom. The van der Waals surface area contributed by atoms with Crippen LogP contribution in [0.2, 0.25) is 0 Å². The van der Waals surface area contributed by atoms with E-state index in [1.165, 1.54) is 0 Å². The molecule has 2 aliphatic rings. The minimum absolute atomic E-state index is 0.0761. The zero-order chi connectivity index (χ0) is 23.2. The third kappa shape index (κ3) is 6.11. The van der Waals surface area contributed by atoms with Crippen molar-refractivity contribution in [1.82, 2.24) is 15.8 Å². The van der Waals surface area contributed by atoms with E-state index in [2.05, 4.69) is 26.8 Å². The van der Waals surface area contributed by atoms with E-state index in [9.17, 15) is 14.4 Å². The SMILES string of the molecule is O=C(NNC(=O)C1CC(=O)N(Cc2ccccc2)C1)c1ccc(OCC2CCCO2)c(Br)c1. The van der Waals surface area contributed by atoms with Crippen LogP contribution in [0, 0.1) is 5.92 Å². The molecular weight excluding hydrogens is 490 g/mol. The van der Waals surface area contributed by atoms with Gasteiger partial charge in [0.15, 0.2) is 0 Å². The predicted octanol–water partition coefficient (Wildman–Crippen LogP) is 2.82. The molecule has 2 aromatic rings. The zero-order valence-electron chi connectivity index (χ0n) is 18.1. The molecule has 0 saturated carbocycles. The van der Waals surface area contributed by atoms with Crippen molar-refractivity contribution in [2.24, 2.45) is 5.92 Å². The second-order valence-corrected chi connectivity index (χ2v) is 9.05. The Morgan fingerprint density at radius 3 is 2.70 bits per heavy atom. The maximum atomic E-state index is 12.5. The quantitative estimate of drug-likeness (QED) is 0.552. The number of amides is 3. The van der Waals surface area contributed by atoms with E-state index in [0.717, 1.165) is 25.0 Å². The average molecular weight is 516 g/mol. The summed E-state index contributed by atoms with van der Waals surface area (Å²) in [4.78, 5) is 38.9. The molecule has 0 spiro atoms. The molecule has 2 N–H and O–H groups in total. The third-order valence-electron chi connectivity index (χ3n) is 5.74. The maximum Gasteiger partial charge on any atom is 0.269 e. The van der Waals surface area contributed by atoms with Crippen molar-refractivity contribution in [2.45, 2.75) is 31.9 Å². The molecule has 2 aliphatic heterocycles. The Hall–Kier alpha value is -2.91. The summed E-state index contributed by atoms with van der Waals surface area (Å²) in [5.74, 6) is -0.813. The Morgan fingerprint density at radius 1 is 1.15 bits per heavy atom. The van der Waals surface area contributed by atoms with Crippen LogP contribution >= 0.6 is 15.9 Å². The zero-order valence-corrected chi connectivity index (χ0v) is 19.7. The molecule has 2 fully saturated rings. The fraction of sp³-hybridized carbons (Fsp3) is 0.375. The maximum absolute atomic E-state index is 12.5. The van der Waals surface area contributed by atoms with Crippen molar-refractivity contribution in [2.75, 3.05) is 19.8 Å². The summed E-state index contributed by atoms with van der Waals surface area (Å²) in [7, 11) is 0. The first-order valence-corrected chi connectivity index (χ1v) is 11.7. The lowest BCUT2D eigenvalue weighted by molar-refractivity contribution is -0.129. The van der Waals surface area contributed by atoms with Crippen LogP contribution < -0.4 is 15.6 Å². The molecule has 2 aromatic carbocycles. The molecule has 2 unspecified atom stereocenters. The molecule has 33 heavy (non-hydrogen) atoms. The summed E-state index contributed by atoms with van der Waals surface area (Å²) in [5, 5.41) is 0. The molecular formula is C24H26BrN3O5. The summed E-state index contributed by atoms with van der Waals surface area (Å²) in [6, 6.07) is 14.6. The first-order valence-electron chi connectivity index (χ1n) is 11.0. The summed E-state index contributed by atoms with van der Waals surface area (Å²) >= 11 is 3.42. The van der Waals surface area contributed by atoms with Crippen molar-refractivity contribution in [3.05, 3.63) is 64.1 Å². The Labute approximate surface area is 200 Å². The second kappa shape index (κ2) is 10.8. The van der Waals surface area contributed by atoms with E-state index in [-0.39, 0.29) is 24.3 Å². The number of hydrogen-bond donors (Lipinski definition) is 2. The lowest BCUT2D eigenvalue weighted by Gasteiger charge is -2.17. The van der Waals surface area contributed by atoms with Gasteiger partial charge in [-0.05, 0) is 52.5 Å². The Balaban J connectivity index is 1.25. The van der Waals surface area contributed by atoms with Crippen LogP contribution in [0.15, 0.2) is 53.0 Å². The highest BCUT2D eigenvalue weighted by atomic mass is 79.9. The number of ether oxygens (including phenoxy) is 2. The minimum Gasteiger partial charge on any atom is -0.490 e. The van der Waals surface area contributed by atoms with Crippen LogP contribution in [0.3, 0.4) is 0 Å². The molecule has 0 aliphatic carbocycles. The van der Waals surface area contributed by atoms with Crippen molar-refractivity contribution in [1.29, 1.82) is 0 Å². The molecule has 2 saturated heterocycles. The minimum atomic E-state index is -0.512. The van der Waals surface area contributed by atoms with Gasteiger partial charge in [-0.3, -0.25) is 25.2 Å². The number of benzene rings is 2. The van der Waals surface area contributed by atoms with Gasteiger partial charge >= 0.3 is 0 Å². The van der Waals surface area contributed by atoms with Gasteiger partial charge in [-0.25, -0.2) is 0 Å². The predicted molar refractivity (Wildman–Crippen MR) is 124 cm³/mol. The van der Waals surface area contributed by atoms with E-state index in [1.54, 1.807) is 23.1 Å². The normalized spacial score (nSPS) is 20.0. The first-order chi connectivity index (χ1) is 16.0. The number of halogens is 1. The molecule has 2 atom stereocenters. The molecule has 8 nitrogen and oxygen atoms in total. The Bertz CT molecular complexity index is 1010. The second-order valence-electron chi connectivity index (χ2n) is 8.20. The number of nitrogens with zero attached hydrogens (tertiary/aromatic N) is 1. The molecule has 0 bridgehead atoms. The van der Waals surface area contributed by atoms with Gasteiger partial charge in [0.05, 0.1) is 16.5 Å². The van der Waals surface area contributed by atoms with E-state index < -0.39 is 11.8 Å². The summed E-state index contributed by atoms with van der Waals surface area (Å²) in [6.45, 7) is 2.00. The van der Waals surface area contributed by atoms with Gasteiger partial charge in [-0.2, -0.15) is 0 Å². The molecule has 0 aromatic heterocycles. The highest BCUT2D eigenvalue weighted by Gasteiger charge is 2.34. The third-order valence-corrected chi connectivity index (χ3v) is 6.36. The van der Waals surface area contributed by atoms with Gasteiger partial charge in [0.1, 0.15) is 12.4 Å². The number of hydrazine groups is 1. The van der Waals surface area contributed by atoms with Gasteiger partial charge in [-0.1, -0.05) is 30.3 Å². The van der Waals surface area contributed by atoms with Crippen LogP contribution in [-0.4, -0.2) is 48.5 Å². The van der Waals surface area contributed by atoms with Gasteiger partial charge in [0.25, 0.3) is 5.91 Å².